The van der Waals surface area contributed by atoms with Crippen molar-refractivity contribution in [3.8, 4) is 0 Å². The van der Waals surface area contributed by atoms with Crippen LogP contribution in [0.2, 0.25) is 0 Å². The Morgan fingerprint density at radius 2 is 0.826 bits per heavy atom. The molecular formula is C20H14S3. The Morgan fingerprint density at radius 1 is 0.478 bits per heavy atom. The molecule has 0 saturated heterocycles. The van der Waals surface area contributed by atoms with Gasteiger partial charge in [-0.05, 0) is 51.6 Å². The minimum atomic E-state index is 0.177. The third-order valence-electron chi connectivity index (χ3n) is 5.15. The topological polar surface area (TPSA) is 0 Å². The highest BCUT2D eigenvalue weighted by molar-refractivity contribution is 7.80. The van der Waals surface area contributed by atoms with E-state index >= 15 is 0 Å². The number of thiol groups is 3. The van der Waals surface area contributed by atoms with E-state index in [1.54, 1.807) is 0 Å². The lowest BCUT2D eigenvalue weighted by Gasteiger charge is -2.43. The third-order valence-corrected chi connectivity index (χ3v) is 6.32. The number of rotatable bonds is 0. The molecule has 0 aromatic heterocycles. The molecule has 23 heavy (non-hydrogen) atoms. The van der Waals surface area contributed by atoms with Crippen molar-refractivity contribution in [1.29, 1.82) is 0 Å². The summed E-state index contributed by atoms with van der Waals surface area (Å²) in [7, 11) is 0. The molecule has 3 aromatic rings. The maximum Gasteiger partial charge on any atom is 0.0382 e. The lowest BCUT2D eigenvalue weighted by molar-refractivity contribution is 0.712. The highest BCUT2D eigenvalue weighted by Crippen LogP contribution is 2.59. The van der Waals surface area contributed by atoms with Crippen LogP contribution in [-0.2, 0) is 0 Å². The molecule has 0 aliphatic heterocycles. The Kier molecular flexibility index (Phi) is 2.97. The monoisotopic (exact) mass is 350 g/mol. The number of hydrogen-bond donors (Lipinski definition) is 3. The maximum absolute atomic E-state index is 4.77. The van der Waals surface area contributed by atoms with Crippen molar-refractivity contribution in [3.05, 3.63) is 88.0 Å². The number of benzene rings is 3. The Morgan fingerprint density at radius 3 is 1.17 bits per heavy atom. The van der Waals surface area contributed by atoms with Gasteiger partial charge in [0.15, 0.2) is 0 Å². The van der Waals surface area contributed by atoms with E-state index in [9.17, 15) is 0 Å². The van der Waals surface area contributed by atoms with Crippen LogP contribution in [0.3, 0.4) is 0 Å². The standard InChI is InChI=1S/C20H14S3/c21-13-7-1-4-10-16-11-5-2-8-14(22)18(11)20(17(10)13)19-12(16)6-3-9-15(19)23/h1-9,16,20-23H. The van der Waals surface area contributed by atoms with Gasteiger partial charge >= 0.3 is 0 Å². The average molecular weight is 351 g/mol. The van der Waals surface area contributed by atoms with Crippen LogP contribution in [0.15, 0.2) is 69.3 Å². The molecule has 3 aromatic carbocycles. The van der Waals surface area contributed by atoms with Gasteiger partial charge in [-0.25, -0.2) is 0 Å². The zero-order valence-corrected chi connectivity index (χ0v) is 14.9. The zero-order chi connectivity index (χ0) is 15.7. The normalized spacial score (nSPS) is 20.0. The summed E-state index contributed by atoms with van der Waals surface area (Å²) < 4.78 is 0. The van der Waals surface area contributed by atoms with Gasteiger partial charge in [0.25, 0.3) is 0 Å². The minimum absolute atomic E-state index is 0.177. The Hall–Kier alpha value is -1.29. The highest BCUT2D eigenvalue weighted by atomic mass is 32.1. The molecule has 0 nitrogen and oxygen atoms in total. The van der Waals surface area contributed by atoms with E-state index in [4.69, 9.17) is 37.9 Å². The molecule has 0 saturated carbocycles. The van der Waals surface area contributed by atoms with Crippen LogP contribution in [0.5, 0.6) is 0 Å². The summed E-state index contributed by atoms with van der Waals surface area (Å²) in [4.78, 5) is 3.17. The fraction of sp³-hybridized carbons (Fsp3) is 0.100. The van der Waals surface area contributed by atoms with Crippen LogP contribution in [0.4, 0.5) is 0 Å². The van der Waals surface area contributed by atoms with Crippen molar-refractivity contribution in [2.75, 3.05) is 0 Å². The van der Waals surface area contributed by atoms with E-state index in [0.29, 0.717) is 0 Å². The second kappa shape index (κ2) is 4.85. The molecule has 0 N–H and O–H groups in total. The molecule has 3 aliphatic rings. The molecular weight excluding hydrogens is 336 g/mol. The molecule has 0 spiro atoms. The van der Waals surface area contributed by atoms with Gasteiger partial charge in [-0.15, -0.1) is 37.9 Å². The van der Waals surface area contributed by atoms with Crippen LogP contribution < -0.4 is 0 Å². The van der Waals surface area contributed by atoms with E-state index in [-0.39, 0.29) is 11.8 Å². The lowest BCUT2D eigenvalue weighted by atomic mass is 9.61. The molecule has 2 bridgehead atoms. The van der Waals surface area contributed by atoms with Gasteiger partial charge in [0.05, 0.1) is 0 Å². The van der Waals surface area contributed by atoms with E-state index in [1.807, 2.05) is 0 Å². The van der Waals surface area contributed by atoms with Crippen molar-refractivity contribution < 1.29 is 0 Å². The predicted octanol–water partition coefficient (Wildman–Crippen LogP) is 5.54. The van der Waals surface area contributed by atoms with Gasteiger partial charge in [0.2, 0.25) is 0 Å². The molecule has 112 valence electrons. The minimum Gasteiger partial charge on any atom is -0.143 e. The Bertz CT molecular complexity index is 847. The van der Waals surface area contributed by atoms with Crippen LogP contribution in [0, 0.1) is 0 Å². The largest absolute Gasteiger partial charge is 0.143 e. The molecule has 0 radical (unpaired) electrons. The van der Waals surface area contributed by atoms with Crippen LogP contribution in [0.1, 0.15) is 45.2 Å². The Labute approximate surface area is 152 Å². The van der Waals surface area contributed by atoms with E-state index < -0.39 is 0 Å². The van der Waals surface area contributed by atoms with Gasteiger partial charge < -0.3 is 0 Å². The smallest absolute Gasteiger partial charge is 0.0382 e. The second-order valence-corrected chi connectivity index (χ2v) is 7.65. The van der Waals surface area contributed by atoms with Crippen molar-refractivity contribution in [2.45, 2.75) is 26.5 Å². The molecule has 0 atom stereocenters. The van der Waals surface area contributed by atoms with Crippen molar-refractivity contribution >= 4 is 37.9 Å². The van der Waals surface area contributed by atoms with Crippen LogP contribution >= 0.6 is 37.9 Å². The fourth-order valence-electron chi connectivity index (χ4n) is 4.35. The first-order valence-corrected chi connectivity index (χ1v) is 8.98. The van der Waals surface area contributed by atoms with Crippen molar-refractivity contribution in [1.82, 2.24) is 0 Å². The molecule has 0 heterocycles. The molecule has 6 rings (SSSR count). The summed E-state index contributed by atoms with van der Waals surface area (Å²) in [6, 6.07) is 19.3. The van der Waals surface area contributed by atoms with E-state index in [1.165, 1.54) is 33.4 Å². The van der Waals surface area contributed by atoms with Crippen LogP contribution in [0.25, 0.3) is 0 Å². The van der Waals surface area contributed by atoms with Gasteiger partial charge in [0.1, 0.15) is 0 Å². The van der Waals surface area contributed by atoms with E-state index in [0.717, 1.165) is 14.7 Å². The summed E-state index contributed by atoms with van der Waals surface area (Å²) in [6.07, 6.45) is 0. The summed E-state index contributed by atoms with van der Waals surface area (Å²) >= 11 is 14.3. The maximum atomic E-state index is 4.77. The fourth-order valence-corrected chi connectivity index (χ4v) is 5.38. The summed E-state index contributed by atoms with van der Waals surface area (Å²) in [5.74, 6) is 0.433. The third kappa shape index (κ3) is 1.73. The average Bonchev–Trinajstić information content (AvgIpc) is 2.55. The SMILES string of the molecule is Sc1cccc2c1C1c3c(S)cccc3C2c2cccc(S)c21. The number of hydrogen-bond acceptors (Lipinski definition) is 3. The first-order valence-electron chi connectivity index (χ1n) is 7.63. The summed E-state index contributed by atoms with van der Waals surface area (Å²) in [6.45, 7) is 0. The van der Waals surface area contributed by atoms with Crippen molar-refractivity contribution in [2.24, 2.45) is 0 Å². The highest BCUT2D eigenvalue weighted by Gasteiger charge is 2.43. The van der Waals surface area contributed by atoms with Gasteiger partial charge in [-0.2, -0.15) is 0 Å². The molecule has 0 amide bonds. The van der Waals surface area contributed by atoms with Gasteiger partial charge in [0, 0.05) is 26.5 Å². The Balaban J connectivity index is 1.97. The van der Waals surface area contributed by atoms with E-state index in [2.05, 4.69) is 54.6 Å². The van der Waals surface area contributed by atoms with Gasteiger partial charge in [-0.1, -0.05) is 36.4 Å². The van der Waals surface area contributed by atoms with Crippen molar-refractivity contribution in [3.63, 3.8) is 0 Å². The quantitative estimate of drug-likeness (QED) is 0.300. The molecule has 3 heteroatoms. The summed E-state index contributed by atoms with van der Waals surface area (Å²) in [5, 5.41) is 0. The molecule has 3 aliphatic carbocycles. The molecule has 0 unspecified atom stereocenters. The zero-order valence-electron chi connectivity index (χ0n) is 12.2. The lowest BCUT2D eigenvalue weighted by Crippen LogP contribution is -2.28. The van der Waals surface area contributed by atoms with Gasteiger partial charge in [-0.3, -0.25) is 0 Å². The predicted molar refractivity (Wildman–Crippen MR) is 103 cm³/mol. The first kappa shape index (κ1) is 14.1. The summed E-state index contributed by atoms with van der Waals surface area (Å²) in [5.41, 5.74) is 8.10. The van der Waals surface area contributed by atoms with Crippen LogP contribution in [-0.4, -0.2) is 0 Å². The molecule has 0 fully saturated rings. The second-order valence-electron chi connectivity index (χ2n) is 6.21. The first-order chi connectivity index (χ1) is 11.2.